The summed E-state index contributed by atoms with van der Waals surface area (Å²) in [5.41, 5.74) is 9.35. The van der Waals surface area contributed by atoms with E-state index in [0.717, 1.165) is 31.6 Å². The van der Waals surface area contributed by atoms with E-state index in [1.165, 1.54) is 36.0 Å². The molecule has 0 unspecified atom stereocenters. The second-order valence-electron chi connectivity index (χ2n) is 6.67. The molecule has 3 N–H and O–H groups in total. The third-order valence-corrected chi connectivity index (χ3v) is 4.62. The zero-order valence-electron chi connectivity index (χ0n) is 14.3. The Balaban J connectivity index is 0.000000236. The summed E-state index contributed by atoms with van der Waals surface area (Å²) in [4.78, 5) is 10.8. The van der Waals surface area contributed by atoms with Gasteiger partial charge >= 0.3 is 5.97 Å². The van der Waals surface area contributed by atoms with Gasteiger partial charge in [0.15, 0.2) is 0 Å². The van der Waals surface area contributed by atoms with Crippen LogP contribution in [0.25, 0.3) is 0 Å². The minimum absolute atomic E-state index is 0.198. The van der Waals surface area contributed by atoms with E-state index in [-0.39, 0.29) is 12.3 Å². The van der Waals surface area contributed by atoms with E-state index in [2.05, 4.69) is 19.9 Å². The minimum Gasteiger partial charge on any atom is -0.493 e. The molecular weight excluding hydrogens is 290 g/mol. The second-order valence-corrected chi connectivity index (χ2v) is 6.67. The fourth-order valence-electron chi connectivity index (χ4n) is 3.49. The first-order valence-electron chi connectivity index (χ1n) is 8.77. The predicted molar refractivity (Wildman–Crippen MR) is 92.1 cm³/mol. The van der Waals surface area contributed by atoms with E-state index < -0.39 is 5.97 Å². The van der Waals surface area contributed by atoms with E-state index in [9.17, 15) is 4.79 Å². The molecule has 0 bridgehead atoms. The third-order valence-electron chi connectivity index (χ3n) is 4.62. The fraction of sp³-hybridized carbons (Fsp3) is 0.632. The van der Waals surface area contributed by atoms with Crippen LogP contribution in [-0.2, 0) is 17.6 Å². The van der Waals surface area contributed by atoms with Crippen molar-refractivity contribution in [1.29, 1.82) is 0 Å². The molecule has 1 aromatic carbocycles. The number of aryl methyl sites for hydroxylation is 1. The Kier molecular flexibility index (Phi) is 6.46. The van der Waals surface area contributed by atoms with Gasteiger partial charge in [0.25, 0.3) is 0 Å². The molecule has 1 heterocycles. The first-order chi connectivity index (χ1) is 11.0. The van der Waals surface area contributed by atoms with Crippen LogP contribution in [0.4, 0.5) is 0 Å². The lowest BCUT2D eigenvalue weighted by Gasteiger charge is -2.12. The molecular formula is C19H29NO3. The van der Waals surface area contributed by atoms with Crippen LogP contribution in [0.3, 0.4) is 0 Å². The van der Waals surface area contributed by atoms with Gasteiger partial charge in [0.1, 0.15) is 5.75 Å². The zero-order chi connectivity index (χ0) is 16.8. The summed E-state index contributed by atoms with van der Waals surface area (Å²) in [6, 6.07) is 4.53. The Morgan fingerprint density at radius 2 is 2.22 bits per heavy atom. The number of hydrogen-bond acceptors (Lipinski definition) is 3. The molecule has 128 valence electrons. The van der Waals surface area contributed by atoms with Crippen LogP contribution < -0.4 is 10.5 Å². The highest BCUT2D eigenvalue weighted by Crippen LogP contribution is 2.43. The van der Waals surface area contributed by atoms with Gasteiger partial charge in [0.05, 0.1) is 13.0 Å². The first kappa shape index (κ1) is 17.8. The Labute approximate surface area is 139 Å². The highest BCUT2D eigenvalue weighted by Gasteiger charge is 2.30. The molecule has 0 saturated heterocycles. The van der Waals surface area contributed by atoms with Gasteiger partial charge < -0.3 is 15.6 Å². The molecule has 1 aliphatic carbocycles. The van der Waals surface area contributed by atoms with Gasteiger partial charge in [-0.1, -0.05) is 25.8 Å². The number of benzene rings is 1. The van der Waals surface area contributed by atoms with Crippen LogP contribution in [-0.4, -0.2) is 23.7 Å². The van der Waals surface area contributed by atoms with Crippen molar-refractivity contribution in [2.45, 2.75) is 70.8 Å². The number of carbonyl (C=O) groups is 1. The largest absolute Gasteiger partial charge is 0.493 e. The normalized spacial score (nSPS) is 19.2. The number of carboxylic acids is 1. The van der Waals surface area contributed by atoms with E-state index in [4.69, 9.17) is 15.6 Å². The number of unbranched alkanes of at least 4 members (excludes halogenated alkanes) is 1. The summed E-state index contributed by atoms with van der Waals surface area (Å²) in [5.74, 6) is 0.467. The van der Waals surface area contributed by atoms with Crippen molar-refractivity contribution < 1.29 is 14.6 Å². The predicted octanol–water partition coefficient (Wildman–Crippen LogP) is 3.65. The highest BCUT2D eigenvalue weighted by molar-refractivity contribution is 5.69. The molecule has 23 heavy (non-hydrogen) atoms. The molecule has 0 radical (unpaired) electrons. The highest BCUT2D eigenvalue weighted by atomic mass is 16.5. The summed E-state index contributed by atoms with van der Waals surface area (Å²) in [6.45, 7) is 4.98. The van der Waals surface area contributed by atoms with Crippen molar-refractivity contribution in [1.82, 2.24) is 0 Å². The van der Waals surface area contributed by atoms with Crippen LogP contribution in [0, 0.1) is 0 Å². The van der Waals surface area contributed by atoms with Crippen molar-refractivity contribution >= 4 is 5.97 Å². The number of aliphatic carboxylic acids is 1. The quantitative estimate of drug-likeness (QED) is 0.869. The SMILES string of the molecule is CCCC[C@H](C)N.O=C(O)C[C@@H]1CCc2ccc3c(c21)CCO3. The van der Waals surface area contributed by atoms with E-state index in [1.807, 2.05) is 6.07 Å². The van der Waals surface area contributed by atoms with Gasteiger partial charge in [-0.25, -0.2) is 0 Å². The molecule has 3 rings (SSSR count). The second kappa shape index (κ2) is 8.34. The maximum absolute atomic E-state index is 10.8. The van der Waals surface area contributed by atoms with Gasteiger partial charge in [-0.15, -0.1) is 0 Å². The van der Waals surface area contributed by atoms with Gasteiger partial charge in [0.2, 0.25) is 0 Å². The summed E-state index contributed by atoms with van der Waals surface area (Å²) in [5, 5.41) is 8.92. The Morgan fingerprint density at radius 1 is 1.43 bits per heavy atom. The van der Waals surface area contributed by atoms with Gasteiger partial charge in [-0.3, -0.25) is 4.79 Å². The number of hydrogen-bond donors (Lipinski definition) is 2. The summed E-state index contributed by atoms with van der Waals surface area (Å²) < 4.78 is 5.53. The molecule has 0 spiro atoms. The topological polar surface area (TPSA) is 72.6 Å². The van der Waals surface area contributed by atoms with Crippen LogP contribution in [0.15, 0.2) is 12.1 Å². The number of rotatable bonds is 5. The van der Waals surface area contributed by atoms with E-state index >= 15 is 0 Å². The molecule has 0 fully saturated rings. The Bertz CT molecular complexity index is 540. The molecule has 4 heteroatoms. The van der Waals surface area contributed by atoms with Crippen molar-refractivity contribution in [2.75, 3.05) is 6.61 Å². The number of ether oxygens (including phenoxy) is 1. The Hall–Kier alpha value is -1.55. The molecule has 0 saturated carbocycles. The van der Waals surface area contributed by atoms with Crippen molar-refractivity contribution in [2.24, 2.45) is 5.73 Å². The molecule has 1 aromatic rings. The molecule has 4 nitrogen and oxygen atoms in total. The summed E-state index contributed by atoms with van der Waals surface area (Å²) in [7, 11) is 0. The maximum atomic E-state index is 10.8. The van der Waals surface area contributed by atoms with Crippen LogP contribution in [0.1, 0.15) is 68.6 Å². The number of nitrogens with two attached hydrogens (primary N) is 1. The smallest absolute Gasteiger partial charge is 0.303 e. The summed E-state index contributed by atoms with van der Waals surface area (Å²) >= 11 is 0. The molecule has 0 amide bonds. The average Bonchev–Trinajstić information content (AvgIpc) is 3.11. The van der Waals surface area contributed by atoms with E-state index in [1.54, 1.807) is 0 Å². The lowest BCUT2D eigenvalue weighted by molar-refractivity contribution is -0.137. The minimum atomic E-state index is -0.700. The first-order valence-corrected chi connectivity index (χ1v) is 8.77. The van der Waals surface area contributed by atoms with Crippen LogP contribution in [0.5, 0.6) is 5.75 Å². The van der Waals surface area contributed by atoms with E-state index in [0.29, 0.717) is 6.04 Å². The van der Waals surface area contributed by atoms with Crippen molar-refractivity contribution in [3.63, 3.8) is 0 Å². The zero-order valence-corrected chi connectivity index (χ0v) is 14.3. The molecule has 0 aromatic heterocycles. The number of fused-ring (bicyclic) bond motifs is 3. The summed E-state index contributed by atoms with van der Waals surface area (Å²) in [6.07, 6.45) is 6.90. The Morgan fingerprint density at radius 3 is 2.83 bits per heavy atom. The average molecular weight is 319 g/mol. The maximum Gasteiger partial charge on any atom is 0.303 e. The van der Waals surface area contributed by atoms with Crippen molar-refractivity contribution in [3.05, 3.63) is 28.8 Å². The molecule has 2 atom stereocenters. The lowest BCUT2D eigenvalue weighted by atomic mass is 9.92. The van der Waals surface area contributed by atoms with Gasteiger partial charge in [0, 0.05) is 18.0 Å². The van der Waals surface area contributed by atoms with Gasteiger partial charge in [-0.2, -0.15) is 0 Å². The molecule has 2 aliphatic rings. The third kappa shape index (κ3) is 4.71. The molecule has 1 aliphatic heterocycles. The van der Waals surface area contributed by atoms with Crippen LogP contribution >= 0.6 is 0 Å². The monoisotopic (exact) mass is 319 g/mol. The van der Waals surface area contributed by atoms with Crippen LogP contribution in [0.2, 0.25) is 0 Å². The lowest BCUT2D eigenvalue weighted by Crippen LogP contribution is -2.13. The van der Waals surface area contributed by atoms with Crippen molar-refractivity contribution in [3.8, 4) is 5.75 Å². The number of carboxylic acid groups (broad SMARTS) is 1. The van der Waals surface area contributed by atoms with Gasteiger partial charge in [-0.05, 0) is 49.3 Å². The fourth-order valence-corrected chi connectivity index (χ4v) is 3.49. The standard InChI is InChI=1S/C13H14O3.C6H15N/c14-12(15)7-9-2-1-8-3-4-11-10(13(8)9)5-6-16-11;1-3-4-5-6(2)7/h3-4,9H,1-2,5-7H2,(H,14,15);6H,3-5,7H2,1-2H3/t9-;6-/m00/s1.